The van der Waals surface area contributed by atoms with Crippen molar-refractivity contribution in [1.29, 1.82) is 0 Å². The standard InChI is InChI=1S/C21H25N3O6S/c1-2-30-17-8-11-19(20(14-17)24(26)27)22-15-21(25)16-6-9-18(10-7-16)31(28,29)23-12-4-3-5-13-23/h6-11,14,22H,2-5,12-13,15H2,1H3. The zero-order valence-corrected chi connectivity index (χ0v) is 18.1. The molecule has 0 aliphatic carbocycles. The lowest BCUT2D eigenvalue weighted by molar-refractivity contribution is -0.384. The number of ether oxygens (including phenoxy) is 1. The van der Waals surface area contributed by atoms with Crippen LogP contribution < -0.4 is 10.1 Å². The number of carbonyl (C=O) groups excluding carboxylic acids is 1. The third-order valence-electron chi connectivity index (χ3n) is 5.05. The van der Waals surface area contributed by atoms with Crippen molar-refractivity contribution in [2.24, 2.45) is 0 Å². The first-order valence-electron chi connectivity index (χ1n) is 10.1. The van der Waals surface area contributed by atoms with E-state index < -0.39 is 14.9 Å². The SMILES string of the molecule is CCOc1ccc(NCC(=O)c2ccc(S(=O)(=O)N3CCCCC3)cc2)c([N+](=O)[O-])c1. The van der Waals surface area contributed by atoms with Crippen LogP contribution in [0.3, 0.4) is 0 Å². The summed E-state index contributed by atoms with van der Waals surface area (Å²) in [5, 5.41) is 14.1. The zero-order chi connectivity index (χ0) is 22.4. The van der Waals surface area contributed by atoms with E-state index in [2.05, 4.69) is 5.32 Å². The molecule has 1 fully saturated rings. The molecule has 2 aromatic carbocycles. The summed E-state index contributed by atoms with van der Waals surface area (Å²) in [6.45, 7) is 3.00. The normalized spacial score (nSPS) is 14.7. The Morgan fingerprint density at radius 3 is 2.42 bits per heavy atom. The molecule has 0 unspecified atom stereocenters. The Morgan fingerprint density at radius 1 is 1.13 bits per heavy atom. The maximum absolute atomic E-state index is 12.7. The van der Waals surface area contributed by atoms with Crippen LogP contribution in [0.5, 0.6) is 5.75 Å². The Morgan fingerprint density at radius 2 is 1.81 bits per heavy atom. The van der Waals surface area contributed by atoms with E-state index >= 15 is 0 Å². The van der Waals surface area contributed by atoms with E-state index in [1.807, 2.05) is 0 Å². The molecule has 31 heavy (non-hydrogen) atoms. The number of ketones is 1. The van der Waals surface area contributed by atoms with Gasteiger partial charge in [-0.2, -0.15) is 4.31 Å². The number of piperidine rings is 1. The fourth-order valence-corrected chi connectivity index (χ4v) is 4.93. The molecule has 0 aromatic heterocycles. The number of hydrogen-bond donors (Lipinski definition) is 1. The van der Waals surface area contributed by atoms with Gasteiger partial charge in [0.15, 0.2) is 5.78 Å². The molecule has 0 bridgehead atoms. The van der Waals surface area contributed by atoms with Gasteiger partial charge in [-0.3, -0.25) is 14.9 Å². The minimum absolute atomic E-state index is 0.154. The molecule has 0 spiro atoms. The van der Waals surface area contributed by atoms with E-state index in [9.17, 15) is 23.3 Å². The number of nitro groups is 1. The molecule has 1 aliphatic heterocycles. The van der Waals surface area contributed by atoms with Crippen molar-refractivity contribution < 1.29 is 22.9 Å². The fourth-order valence-electron chi connectivity index (χ4n) is 3.41. The molecule has 9 nitrogen and oxygen atoms in total. The van der Waals surface area contributed by atoms with Crippen LogP contribution in [0.25, 0.3) is 0 Å². The Hall–Kier alpha value is -2.98. The van der Waals surface area contributed by atoms with E-state index in [4.69, 9.17) is 4.74 Å². The molecule has 10 heteroatoms. The lowest BCUT2D eigenvalue weighted by atomic mass is 10.1. The second-order valence-corrected chi connectivity index (χ2v) is 9.07. The molecule has 0 radical (unpaired) electrons. The Bertz CT molecular complexity index is 1050. The third-order valence-corrected chi connectivity index (χ3v) is 6.96. The summed E-state index contributed by atoms with van der Waals surface area (Å²) < 4.78 is 32.2. The molecular formula is C21H25N3O6S. The number of anilines is 1. The number of sulfonamides is 1. The van der Waals surface area contributed by atoms with Crippen molar-refractivity contribution in [1.82, 2.24) is 4.31 Å². The Kier molecular flexibility index (Phi) is 7.24. The number of rotatable bonds is 9. The van der Waals surface area contributed by atoms with Crippen molar-refractivity contribution in [3.05, 3.63) is 58.1 Å². The Balaban J connectivity index is 1.68. The first-order valence-corrected chi connectivity index (χ1v) is 11.6. The van der Waals surface area contributed by atoms with Gasteiger partial charge < -0.3 is 10.1 Å². The van der Waals surface area contributed by atoms with Gasteiger partial charge >= 0.3 is 0 Å². The average molecular weight is 448 g/mol. The van der Waals surface area contributed by atoms with E-state index in [0.29, 0.717) is 31.0 Å². The van der Waals surface area contributed by atoms with Gasteiger partial charge in [-0.05, 0) is 56.2 Å². The van der Waals surface area contributed by atoms with Crippen LogP contribution in [-0.2, 0) is 10.0 Å². The summed E-state index contributed by atoms with van der Waals surface area (Å²) in [4.78, 5) is 23.4. The molecule has 1 aliphatic rings. The van der Waals surface area contributed by atoms with Crippen LogP contribution in [0.2, 0.25) is 0 Å². The fraction of sp³-hybridized carbons (Fsp3) is 0.381. The number of Topliss-reactive ketones (excluding diaryl/α,β-unsaturated/α-hetero) is 1. The maximum atomic E-state index is 12.7. The van der Waals surface area contributed by atoms with Gasteiger partial charge in [0.2, 0.25) is 10.0 Å². The van der Waals surface area contributed by atoms with Crippen LogP contribution >= 0.6 is 0 Å². The quantitative estimate of drug-likeness (QED) is 0.355. The van der Waals surface area contributed by atoms with Crippen molar-refractivity contribution in [3.8, 4) is 5.75 Å². The number of carbonyl (C=O) groups is 1. The van der Waals surface area contributed by atoms with Gasteiger partial charge in [0, 0.05) is 18.7 Å². The predicted molar refractivity (Wildman–Crippen MR) is 116 cm³/mol. The lowest BCUT2D eigenvalue weighted by Gasteiger charge is -2.25. The number of nitro benzene ring substituents is 1. The molecule has 1 heterocycles. The van der Waals surface area contributed by atoms with Crippen LogP contribution in [-0.4, -0.2) is 49.7 Å². The average Bonchev–Trinajstić information content (AvgIpc) is 2.78. The van der Waals surface area contributed by atoms with Crippen molar-refractivity contribution in [3.63, 3.8) is 0 Å². The van der Waals surface area contributed by atoms with Crippen molar-refractivity contribution in [2.75, 3.05) is 31.6 Å². The first-order chi connectivity index (χ1) is 14.8. The minimum atomic E-state index is -3.56. The second kappa shape index (κ2) is 9.88. The summed E-state index contributed by atoms with van der Waals surface area (Å²) >= 11 is 0. The molecule has 0 atom stereocenters. The Labute approximate surface area is 181 Å². The summed E-state index contributed by atoms with van der Waals surface area (Å²) in [7, 11) is -3.56. The summed E-state index contributed by atoms with van der Waals surface area (Å²) in [5.41, 5.74) is 0.325. The predicted octanol–water partition coefficient (Wildman–Crippen LogP) is 3.46. The second-order valence-electron chi connectivity index (χ2n) is 7.13. The van der Waals surface area contributed by atoms with Gasteiger partial charge in [-0.25, -0.2) is 8.42 Å². The van der Waals surface area contributed by atoms with Gasteiger partial charge in [0.05, 0.1) is 29.0 Å². The molecule has 1 saturated heterocycles. The number of nitrogens with one attached hydrogen (secondary N) is 1. The molecule has 1 N–H and O–H groups in total. The van der Waals surface area contributed by atoms with E-state index in [0.717, 1.165) is 19.3 Å². The monoisotopic (exact) mass is 447 g/mol. The van der Waals surface area contributed by atoms with Gasteiger partial charge in [0.25, 0.3) is 5.69 Å². The topological polar surface area (TPSA) is 119 Å². The van der Waals surface area contributed by atoms with Crippen LogP contribution in [0, 0.1) is 10.1 Å². The van der Waals surface area contributed by atoms with Crippen LogP contribution in [0.15, 0.2) is 47.4 Å². The van der Waals surface area contributed by atoms with E-state index in [1.165, 1.54) is 40.7 Å². The van der Waals surface area contributed by atoms with Gasteiger partial charge in [-0.15, -0.1) is 0 Å². The molecule has 0 saturated carbocycles. The largest absolute Gasteiger partial charge is 0.494 e. The number of benzene rings is 2. The zero-order valence-electron chi connectivity index (χ0n) is 17.2. The number of hydrogen-bond acceptors (Lipinski definition) is 7. The van der Waals surface area contributed by atoms with Crippen molar-refractivity contribution >= 4 is 27.2 Å². The first kappa shape index (κ1) is 22.7. The lowest BCUT2D eigenvalue weighted by Crippen LogP contribution is -2.35. The smallest absolute Gasteiger partial charge is 0.296 e. The highest BCUT2D eigenvalue weighted by Crippen LogP contribution is 2.29. The molecule has 2 aromatic rings. The van der Waals surface area contributed by atoms with E-state index in [-0.39, 0.29) is 28.6 Å². The maximum Gasteiger partial charge on any atom is 0.296 e. The van der Waals surface area contributed by atoms with Gasteiger partial charge in [-0.1, -0.05) is 6.42 Å². The summed E-state index contributed by atoms with van der Waals surface area (Å²) in [6.07, 6.45) is 2.72. The highest BCUT2D eigenvalue weighted by molar-refractivity contribution is 7.89. The summed E-state index contributed by atoms with van der Waals surface area (Å²) in [6, 6.07) is 10.2. The van der Waals surface area contributed by atoms with E-state index in [1.54, 1.807) is 13.0 Å². The van der Waals surface area contributed by atoms with Crippen LogP contribution in [0.1, 0.15) is 36.5 Å². The molecular weight excluding hydrogens is 422 g/mol. The third kappa shape index (κ3) is 5.39. The molecule has 0 amide bonds. The highest BCUT2D eigenvalue weighted by Gasteiger charge is 2.26. The number of nitrogens with zero attached hydrogens (tertiary/aromatic N) is 2. The molecule has 3 rings (SSSR count). The van der Waals surface area contributed by atoms with Gasteiger partial charge in [0.1, 0.15) is 11.4 Å². The molecule has 166 valence electrons. The summed E-state index contributed by atoms with van der Waals surface area (Å²) in [5.74, 6) is 0.0571. The van der Waals surface area contributed by atoms with Crippen molar-refractivity contribution in [2.45, 2.75) is 31.1 Å². The minimum Gasteiger partial charge on any atom is -0.494 e. The highest BCUT2D eigenvalue weighted by atomic mass is 32.2. The van der Waals surface area contributed by atoms with Crippen LogP contribution in [0.4, 0.5) is 11.4 Å².